The Balaban J connectivity index is 1.32. The lowest BCUT2D eigenvalue weighted by molar-refractivity contribution is -0.133. The Morgan fingerprint density at radius 3 is 2.27 bits per heavy atom. The van der Waals surface area contributed by atoms with Crippen LogP contribution in [0.15, 0.2) is 60.7 Å². The summed E-state index contributed by atoms with van der Waals surface area (Å²) in [5.41, 5.74) is 2.79. The lowest BCUT2D eigenvalue weighted by Crippen LogP contribution is -2.50. The van der Waals surface area contributed by atoms with E-state index in [-0.39, 0.29) is 12.5 Å². The molecule has 0 aliphatic carbocycles. The Hall–Kier alpha value is -3.61. The van der Waals surface area contributed by atoms with Gasteiger partial charge in [0.05, 0.1) is 12.8 Å². The minimum atomic E-state index is 0.00538. The lowest BCUT2D eigenvalue weighted by Gasteiger charge is -2.35. The molecular formula is C26H30N4O3. The molecule has 1 saturated heterocycles. The fourth-order valence-corrected chi connectivity index (χ4v) is 4.00. The topological polar surface area (TPSA) is 67.8 Å². The van der Waals surface area contributed by atoms with Crippen molar-refractivity contribution in [1.29, 1.82) is 0 Å². The largest absolute Gasteiger partial charge is 0.496 e. The second-order valence-electron chi connectivity index (χ2n) is 8.33. The van der Waals surface area contributed by atoms with Gasteiger partial charge in [-0.25, -0.2) is 0 Å². The molecule has 2 aromatic carbocycles. The number of rotatable bonds is 7. The number of aromatic nitrogens is 2. The number of hydrogen-bond donors (Lipinski definition) is 0. The molecule has 0 bridgehead atoms. The molecular weight excluding hydrogens is 416 g/mol. The SMILES string of the molecule is COc1ccccc1-c1ccc(N2CCN(C(=O)COc3ccccc3C(C)C)CC2)nn1. The molecule has 4 rings (SSSR count). The Labute approximate surface area is 195 Å². The monoisotopic (exact) mass is 446 g/mol. The number of anilines is 1. The van der Waals surface area contributed by atoms with Crippen LogP contribution in [-0.4, -0.2) is 60.9 Å². The Bertz CT molecular complexity index is 1080. The first-order valence-electron chi connectivity index (χ1n) is 11.3. The van der Waals surface area contributed by atoms with Crippen molar-refractivity contribution in [1.82, 2.24) is 15.1 Å². The van der Waals surface area contributed by atoms with E-state index >= 15 is 0 Å². The van der Waals surface area contributed by atoms with Crippen LogP contribution >= 0.6 is 0 Å². The highest BCUT2D eigenvalue weighted by molar-refractivity contribution is 5.78. The normalized spacial score (nSPS) is 13.8. The van der Waals surface area contributed by atoms with E-state index in [0.29, 0.717) is 32.1 Å². The fourth-order valence-electron chi connectivity index (χ4n) is 4.00. The second kappa shape index (κ2) is 10.3. The van der Waals surface area contributed by atoms with E-state index < -0.39 is 0 Å². The number of carbonyl (C=O) groups is 1. The van der Waals surface area contributed by atoms with Crippen molar-refractivity contribution in [2.75, 3.05) is 44.8 Å². The minimum Gasteiger partial charge on any atom is -0.496 e. The highest BCUT2D eigenvalue weighted by Gasteiger charge is 2.23. The minimum absolute atomic E-state index is 0.00538. The summed E-state index contributed by atoms with van der Waals surface area (Å²) in [6.07, 6.45) is 0. The first kappa shape index (κ1) is 22.6. The van der Waals surface area contributed by atoms with Gasteiger partial charge in [0.15, 0.2) is 12.4 Å². The summed E-state index contributed by atoms with van der Waals surface area (Å²) in [6, 6.07) is 19.6. The highest BCUT2D eigenvalue weighted by Crippen LogP contribution is 2.28. The summed E-state index contributed by atoms with van der Waals surface area (Å²) in [5, 5.41) is 8.82. The van der Waals surface area contributed by atoms with Gasteiger partial charge in [-0.15, -0.1) is 10.2 Å². The van der Waals surface area contributed by atoms with Crippen LogP contribution in [-0.2, 0) is 4.79 Å². The van der Waals surface area contributed by atoms with Gasteiger partial charge in [0.1, 0.15) is 11.5 Å². The maximum Gasteiger partial charge on any atom is 0.260 e. The molecule has 0 unspecified atom stereocenters. The van der Waals surface area contributed by atoms with Crippen molar-refractivity contribution in [3.63, 3.8) is 0 Å². The molecule has 1 aliphatic rings. The van der Waals surface area contributed by atoms with Crippen LogP contribution in [0.25, 0.3) is 11.3 Å². The van der Waals surface area contributed by atoms with Crippen molar-refractivity contribution in [3.05, 3.63) is 66.2 Å². The maximum absolute atomic E-state index is 12.7. The molecule has 1 aliphatic heterocycles. The first-order chi connectivity index (χ1) is 16.1. The molecule has 1 amide bonds. The van der Waals surface area contributed by atoms with E-state index in [4.69, 9.17) is 9.47 Å². The van der Waals surface area contributed by atoms with Crippen LogP contribution in [0.2, 0.25) is 0 Å². The second-order valence-corrected chi connectivity index (χ2v) is 8.33. The number of piperazine rings is 1. The van der Waals surface area contributed by atoms with Crippen molar-refractivity contribution in [3.8, 4) is 22.8 Å². The molecule has 7 nitrogen and oxygen atoms in total. The summed E-state index contributed by atoms with van der Waals surface area (Å²) in [4.78, 5) is 16.7. The van der Waals surface area contributed by atoms with E-state index in [2.05, 4.69) is 28.9 Å². The summed E-state index contributed by atoms with van der Waals surface area (Å²) in [5.74, 6) is 2.71. The van der Waals surface area contributed by atoms with E-state index in [1.165, 1.54) is 0 Å². The van der Waals surface area contributed by atoms with Crippen LogP contribution < -0.4 is 14.4 Å². The molecule has 0 N–H and O–H groups in total. The number of para-hydroxylation sites is 2. The van der Waals surface area contributed by atoms with E-state index in [1.807, 2.05) is 65.6 Å². The van der Waals surface area contributed by atoms with Crippen molar-refractivity contribution < 1.29 is 14.3 Å². The van der Waals surface area contributed by atoms with Gasteiger partial charge in [-0.2, -0.15) is 0 Å². The van der Waals surface area contributed by atoms with Gasteiger partial charge >= 0.3 is 0 Å². The predicted octanol–water partition coefficient (Wildman–Crippen LogP) is 4.00. The van der Waals surface area contributed by atoms with Gasteiger partial charge in [-0.05, 0) is 41.8 Å². The van der Waals surface area contributed by atoms with Crippen LogP contribution in [0.5, 0.6) is 11.5 Å². The molecule has 2 heterocycles. The number of hydrogen-bond acceptors (Lipinski definition) is 6. The third kappa shape index (κ3) is 5.25. The molecule has 172 valence electrons. The fraction of sp³-hybridized carbons (Fsp3) is 0.346. The first-order valence-corrected chi connectivity index (χ1v) is 11.3. The zero-order chi connectivity index (χ0) is 23.2. The molecule has 0 spiro atoms. The average Bonchev–Trinajstić information content (AvgIpc) is 2.87. The predicted molar refractivity (Wildman–Crippen MR) is 129 cm³/mol. The lowest BCUT2D eigenvalue weighted by atomic mass is 10.0. The van der Waals surface area contributed by atoms with Gasteiger partial charge in [-0.3, -0.25) is 4.79 Å². The zero-order valence-corrected chi connectivity index (χ0v) is 19.4. The number of amides is 1. The number of benzene rings is 2. The highest BCUT2D eigenvalue weighted by atomic mass is 16.5. The summed E-state index contributed by atoms with van der Waals surface area (Å²) >= 11 is 0. The average molecular weight is 447 g/mol. The molecule has 0 radical (unpaired) electrons. The molecule has 1 fully saturated rings. The van der Waals surface area contributed by atoms with Crippen LogP contribution in [0.4, 0.5) is 5.82 Å². The molecule has 7 heteroatoms. The number of methoxy groups -OCH3 is 1. The van der Waals surface area contributed by atoms with E-state index in [1.54, 1.807) is 7.11 Å². The van der Waals surface area contributed by atoms with Crippen LogP contribution in [0.1, 0.15) is 25.3 Å². The molecule has 33 heavy (non-hydrogen) atoms. The van der Waals surface area contributed by atoms with Gasteiger partial charge in [0, 0.05) is 31.7 Å². The van der Waals surface area contributed by atoms with Crippen molar-refractivity contribution >= 4 is 11.7 Å². The van der Waals surface area contributed by atoms with E-state index in [0.717, 1.165) is 34.1 Å². The van der Waals surface area contributed by atoms with Crippen molar-refractivity contribution in [2.24, 2.45) is 0 Å². The molecule has 1 aromatic heterocycles. The Morgan fingerprint density at radius 2 is 1.61 bits per heavy atom. The van der Waals surface area contributed by atoms with E-state index in [9.17, 15) is 4.79 Å². The summed E-state index contributed by atoms with van der Waals surface area (Å²) in [6.45, 7) is 6.96. The number of carbonyl (C=O) groups excluding carboxylic acids is 1. The summed E-state index contributed by atoms with van der Waals surface area (Å²) < 4.78 is 11.3. The van der Waals surface area contributed by atoms with Crippen molar-refractivity contribution in [2.45, 2.75) is 19.8 Å². The van der Waals surface area contributed by atoms with Gasteiger partial charge in [0.2, 0.25) is 0 Å². The maximum atomic E-state index is 12.7. The molecule has 0 atom stereocenters. The standard InChI is InChI=1S/C26H30N4O3/c1-19(2)20-8-4-7-11-24(20)33-18-26(31)30-16-14-29(15-17-30)25-13-12-22(27-28-25)21-9-5-6-10-23(21)32-3/h4-13,19H,14-18H2,1-3H3. The molecule has 0 saturated carbocycles. The smallest absolute Gasteiger partial charge is 0.260 e. The quantitative estimate of drug-likeness (QED) is 0.546. The Kier molecular flexibility index (Phi) is 7.07. The van der Waals surface area contributed by atoms with Gasteiger partial charge in [-0.1, -0.05) is 44.2 Å². The summed E-state index contributed by atoms with van der Waals surface area (Å²) in [7, 11) is 1.65. The van der Waals surface area contributed by atoms with Crippen LogP contribution in [0, 0.1) is 0 Å². The number of nitrogens with zero attached hydrogens (tertiary/aromatic N) is 4. The van der Waals surface area contributed by atoms with Gasteiger partial charge < -0.3 is 19.3 Å². The van der Waals surface area contributed by atoms with Gasteiger partial charge in [0.25, 0.3) is 5.91 Å². The third-order valence-corrected chi connectivity index (χ3v) is 5.88. The Morgan fingerprint density at radius 1 is 0.909 bits per heavy atom. The van der Waals surface area contributed by atoms with Crippen LogP contribution in [0.3, 0.4) is 0 Å². The number of ether oxygens (including phenoxy) is 2. The molecule has 3 aromatic rings. The zero-order valence-electron chi connectivity index (χ0n) is 19.4. The third-order valence-electron chi connectivity index (χ3n) is 5.88.